The van der Waals surface area contributed by atoms with E-state index >= 15 is 0 Å². The maximum absolute atomic E-state index is 10.1. The second-order valence-electron chi connectivity index (χ2n) is 6.39. The van der Waals surface area contributed by atoms with Crippen LogP contribution in [0.2, 0.25) is 0 Å². The molecule has 0 amide bonds. The first-order valence-electron chi connectivity index (χ1n) is 8.96. The summed E-state index contributed by atoms with van der Waals surface area (Å²) in [4.78, 5) is 2.26. The fourth-order valence-corrected chi connectivity index (χ4v) is 3.12. The minimum atomic E-state index is -0.0915. The Balaban J connectivity index is 1.83. The fourth-order valence-electron chi connectivity index (χ4n) is 3.12. The number of hydrogen-bond acceptors (Lipinski definition) is 2. The normalized spacial score (nSPS) is 16.9. The molecule has 2 aromatic carbocycles. The first-order valence-corrected chi connectivity index (χ1v) is 8.96. The van der Waals surface area contributed by atoms with Crippen molar-refractivity contribution in [3.63, 3.8) is 0 Å². The molecule has 0 aromatic heterocycles. The van der Waals surface area contributed by atoms with E-state index in [1.807, 2.05) is 61.4 Å². The van der Waals surface area contributed by atoms with Crippen LogP contribution in [0.5, 0.6) is 0 Å². The molecule has 2 atom stereocenters. The number of aliphatic hydroxyl groups is 1. The Hall–Kier alpha value is -2.08. The summed E-state index contributed by atoms with van der Waals surface area (Å²) >= 11 is 0. The van der Waals surface area contributed by atoms with Crippen LogP contribution in [-0.2, 0) is 0 Å². The summed E-state index contributed by atoms with van der Waals surface area (Å²) in [5, 5.41) is 10.1. The van der Waals surface area contributed by atoms with Crippen LogP contribution >= 0.6 is 0 Å². The smallest absolute Gasteiger partial charge is 0.0695 e. The van der Waals surface area contributed by atoms with Crippen molar-refractivity contribution in [1.82, 2.24) is 4.90 Å². The maximum atomic E-state index is 10.1. The van der Waals surface area contributed by atoms with E-state index in [0.29, 0.717) is 0 Å². The number of aliphatic hydroxyl groups excluding tert-OH is 1. The number of hydrogen-bond donors (Lipinski definition) is 1. The molecule has 2 nitrogen and oxygen atoms in total. The van der Waals surface area contributed by atoms with E-state index in [1.165, 1.54) is 5.92 Å². The molecular weight excluding hydrogens is 318 g/mol. The van der Waals surface area contributed by atoms with Crippen LogP contribution in [0.4, 0.5) is 0 Å². The lowest BCUT2D eigenvalue weighted by atomic mass is 10.00. The SMILES string of the molecule is C[C@H](C#Cc1ccccc1)N(C[C]1[CH][CH][CH][CH]1)[C@@H](CO)c1ccccc1. The molecule has 2 aromatic rings. The first-order chi connectivity index (χ1) is 12.8. The number of rotatable bonds is 6. The summed E-state index contributed by atoms with van der Waals surface area (Å²) < 4.78 is 0. The van der Waals surface area contributed by atoms with Gasteiger partial charge in [-0.1, -0.05) is 60.4 Å². The Kier molecular flexibility index (Phi) is 6.89. The molecule has 0 aliphatic heterocycles. The second-order valence-corrected chi connectivity index (χ2v) is 6.39. The van der Waals surface area contributed by atoms with Gasteiger partial charge >= 0.3 is 0 Å². The molecule has 3 rings (SSSR count). The van der Waals surface area contributed by atoms with Crippen molar-refractivity contribution in [2.45, 2.75) is 19.0 Å². The Labute approximate surface area is 157 Å². The van der Waals surface area contributed by atoms with Gasteiger partial charge in [-0.3, -0.25) is 4.90 Å². The third-order valence-corrected chi connectivity index (χ3v) is 4.55. The molecular formula is C24H24NO. The monoisotopic (exact) mass is 342 g/mol. The molecule has 2 heteroatoms. The molecule has 0 saturated heterocycles. The first kappa shape index (κ1) is 18.7. The van der Waals surface area contributed by atoms with Crippen molar-refractivity contribution in [2.75, 3.05) is 13.2 Å². The summed E-state index contributed by atoms with van der Waals surface area (Å²) in [5.41, 5.74) is 2.11. The van der Waals surface area contributed by atoms with Gasteiger partial charge in [0.15, 0.2) is 0 Å². The largest absolute Gasteiger partial charge is 0.394 e. The highest BCUT2D eigenvalue weighted by Gasteiger charge is 2.28. The van der Waals surface area contributed by atoms with E-state index in [9.17, 15) is 5.11 Å². The van der Waals surface area contributed by atoms with Crippen LogP contribution in [0.3, 0.4) is 0 Å². The van der Waals surface area contributed by atoms with Crippen molar-refractivity contribution in [2.24, 2.45) is 0 Å². The van der Waals surface area contributed by atoms with Crippen LogP contribution in [0, 0.1) is 43.4 Å². The Bertz CT molecular complexity index is 710. The lowest BCUT2D eigenvalue weighted by molar-refractivity contribution is 0.114. The van der Waals surface area contributed by atoms with Gasteiger partial charge in [0.25, 0.3) is 0 Å². The highest BCUT2D eigenvalue weighted by molar-refractivity contribution is 5.38. The summed E-state index contributed by atoms with van der Waals surface area (Å²) in [7, 11) is 0. The highest BCUT2D eigenvalue weighted by atomic mass is 16.3. The summed E-state index contributed by atoms with van der Waals surface area (Å²) in [6.07, 6.45) is 8.32. The summed E-state index contributed by atoms with van der Waals surface area (Å²) in [5.74, 6) is 7.85. The molecule has 1 aliphatic carbocycles. The van der Waals surface area contributed by atoms with Crippen molar-refractivity contribution >= 4 is 0 Å². The molecule has 1 N–H and O–H groups in total. The Morgan fingerprint density at radius 1 is 0.923 bits per heavy atom. The van der Waals surface area contributed by atoms with Crippen molar-refractivity contribution in [3.8, 4) is 11.8 Å². The van der Waals surface area contributed by atoms with Gasteiger partial charge in [0, 0.05) is 12.1 Å². The van der Waals surface area contributed by atoms with Gasteiger partial charge in [-0.05, 0) is 56.2 Å². The van der Waals surface area contributed by atoms with Gasteiger partial charge in [-0.2, -0.15) is 0 Å². The predicted molar refractivity (Wildman–Crippen MR) is 106 cm³/mol. The number of nitrogens with zero attached hydrogens (tertiary/aromatic N) is 1. The van der Waals surface area contributed by atoms with Crippen molar-refractivity contribution in [1.29, 1.82) is 0 Å². The third kappa shape index (κ3) is 4.97. The second kappa shape index (κ2) is 9.57. The lowest BCUT2D eigenvalue weighted by Gasteiger charge is -2.35. The van der Waals surface area contributed by atoms with E-state index in [0.717, 1.165) is 17.7 Å². The highest BCUT2D eigenvalue weighted by Crippen LogP contribution is 2.29. The van der Waals surface area contributed by atoms with Crippen LogP contribution < -0.4 is 0 Å². The van der Waals surface area contributed by atoms with Gasteiger partial charge < -0.3 is 5.11 Å². The average Bonchev–Trinajstić information content (AvgIpc) is 3.21. The average molecular weight is 342 g/mol. The molecule has 0 heterocycles. The molecule has 0 bridgehead atoms. The van der Waals surface area contributed by atoms with Gasteiger partial charge in [0.1, 0.15) is 0 Å². The van der Waals surface area contributed by atoms with Gasteiger partial charge in [0.2, 0.25) is 0 Å². The van der Waals surface area contributed by atoms with Gasteiger partial charge in [0.05, 0.1) is 18.7 Å². The van der Waals surface area contributed by atoms with Crippen LogP contribution in [0.15, 0.2) is 60.7 Å². The Morgan fingerprint density at radius 3 is 2.15 bits per heavy atom. The van der Waals surface area contributed by atoms with E-state index in [4.69, 9.17) is 0 Å². The fraction of sp³-hybridized carbons (Fsp3) is 0.208. The maximum Gasteiger partial charge on any atom is 0.0695 e. The molecule has 5 radical (unpaired) electrons. The van der Waals surface area contributed by atoms with E-state index in [-0.39, 0.29) is 18.7 Å². The molecule has 1 saturated carbocycles. The standard InChI is InChI=1S/C24H24NO/c1-20(16-17-21-10-4-2-5-11-21)25(18-22-12-8-9-13-22)24(19-26)23-14-6-3-7-15-23/h2-15,20,24,26H,18-19H2,1H3/t20-,24+/m1/s1. The molecule has 0 spiro atoms. The minimum Gasteiger partial charge on any atom is -0.394 e. The molecule has 0 unspecified atom stereocenters. The minimum absolute atomic E-state index is 0.00228. The Morgan fingerprint density at radius 2 is 1.54 bits per heavy atom. The van der Waals surface area contributed by atoms with Crippen LogP contribution in [0.25, 0.3) is 0 Å². The van der Waals surface area contributed by atoms with Crippen LogP contribution in [0.1, 0.15) is 24.1 Å². The number of benzene rings is 2. The molecule has 1 fully saturated rings. The zero-order valence-electron chi connectivity index (χ0n) is 15.0. The summed E-state index contributed by atoms with van der Waals surface area (Å²) in [6.45, 7) is 2.91. The predicted octanol–water partition coefficient (Wildman–Crippen LogP) is 3.87. The molecule has 131 valence electrons. The molecule has 1 aliphatic rings. The molecule has 26 heavy (non-hydrogen) atoms. The van der Waals surface area contributed by atoms with Gasteiger partial charge in [-0.15, -0.1) is 0 Å². The van der Waals surface area contributed by atoms with Crippen LogP contribution in [-0.4, -0.2) is 29.2 Å². The quantitative estimate of drug-likeness (QED) is 0.806. The van der Waals surface area contributed by atoms with E-state index in [2.05, 4.69) is 48.6 Å². The van der Waals surface area contributed by atoms with Crippen molar-refractivity contribution < 1.29 is 5.11 Å². The topological polar surface area (TPSA) is 23.5 Å². The third-order valence-electron chi connectivity index (χ3n) is 4.55. The van der Waals surface area contributed by atoms with Gasteiger partial charge in [-0.25, -0.2) is 0 Å². The lowest BCUT2D eigenvalue weighted by Crippen LogP contribution is -2.40. The van der Waals surface area contributed by atoms with Crippen molar-refractivity contribution in [3.05, 3.63) is 103 Å². The van der Waals surface area contributed by atoms with E-state index in [1.54, 1.807) is 0 Å². The zero-order chi connectivity index (χ0) is 18.2. The summed E-state index contributed by atoms with van der Waals surface area (Å²) in [6, 6.07) is 20.1. The van der Waals surface area contributed by atoms with E-state index < -0.39 is 0 Å². The zero-order valence-corrected chi connectivity index (χ0v) is 15.0.